The van der Waals surface area contributed by atoms with Crippen molar-refractivity contribution in [3.63, 3.8) is 0 Å². The van der Waals surface area contributed by atoms with E-state index in [-0.39, 0.29) is 0 Å². The molecule has 0 amide bonds. The van der Waals surface area contributed by atoms with E-state index in [0.717, 1.165) is 24.2 Å². The summed E-state index contributed by atoms with van der Waals surface area (Å²) >= 11 is 6.01. The molecule has 0 aliphatic heterocycles. The minimum Gasteiger partial charge on any atom is -0.379 e. The third kappa shape index (κ3) is 3.77. The maximum Gasteiger partial charge on any atom is 0.101 e. The maximum absolute atomic E-state index is 8.85. The number of hydrogen-bond acceptors (Lipinski definition) is 3. The average molecular weight is 303 g/mol. The molecule has 21 heavy (non-hydrogen) atoms. The van der Waals surface area contributed by atoms with Crippen molar-refractivity contribution < 1.29 is 0 Å². The highest BCUT2D eigenvalue weighted by molar-refractivity contribution is 6.32. The fourth-order valence-electron chi connectivity index (χ4n) is 2.25. The van der Waals surface area contributed by atoms with Gasteiger partial charge in [0.25, 0.3) is 0 Å². The Morgan fingerprint density at radius 1 is 1.33 bits per heavy atom. The summed E-state index contributed by atoms with van der Waals surface area (Å²) in [6, 6.07) is 9.86. The van der Waals surface area contributed by atoms with Crippen LogP contribution in [0.4, 0.5) is 5.69 Å². The topological polar surface area (TPSA) is 53.6 Å². The molecule has 0 unspecified atom stereocenters. The smallest absolute Gasteiger partial charge is 0.101 e. The maximum atomic E-state index is 8.85. The molecule has 4 nitrogen and oxygen atoms in total. The fraction of sp³-hybridized carbons (Fsp3) is 0.375. The van der Waals surface area contributed by atoms with Crippen LogP contribution >= 0.6 is 11.6 Å². The highest BCUT2D eigenvalue weighted by atomic mass is 35.5. The van der Waals surface area contributed by atoms with Crippen LogP contribution < -0.4 is 5.32 Å². The van der Waals surface area contributed by atoms with Crippen molar-refractivity contribution in [2.24, 2.45) is 0 Å². The molecule has 0 radical (unpaired) electrons. The van der Waals surface area contributed by atoms with E-state index in [0.29, 0.717) is 23.2 Å². The lowest BCUT2D eigenvalue weighted by Crippen LogP contribution is -2.09. The summed E-state index contributed by atoms with van der Waals surface area (Å²) < 4.78 is 2.03. The van der Waals surface area contributed by atoms with Gasteiger partial charge in [0.1, 0.15) is 6.07 Å². The number of aromatic nitrogens is 2. The van der Waals surface area contributed by atoms with Gasteiger partial charge in [-0.25, -0.2) is 0 Å². The molecule has 110 valence electrons. The van der Waals surface area contributed by atoms with Crippen molar-refractivity contribution in [3.05, 3.63) is 46.7 Å². The number of benzene rings is 1. The normalized spacial score (nSPS) is 10.6. The van der Waals surface area contributed by atoms with Crippen molar-refractivity contribution in [3.8, 4) is 6.07 Å². The number of hydrogen-bond donors (Lipinski definition) is 1. The van der Waals surface area contributed by atoms with Gasteiger partial charge in [-0.15, -0.1) is 0 Å². The van der Waals surface area contributed by atoms with E-state index in [1.54, 1.807) is 12.1 Å². The highest BCUT2D eigenvalue weighted by Crippen LogP contribution is 2.21. The summed E-state index contributed by atoms with van der Waals surface area (Å²) in [5.74, 6) is 0. The molecule has 1 aromatic heterocycles. The number of nitrogens with one attached hydrogen (secondary N) is 1. The predicted molar refractivity (Wildman–Crippen MR) is 85.3 cm³/mol. The van der Waals surface area contributed by atoms with E-state index in [9.17, 15) is 0 Å². The Morgan fingerprint density at radius 2 is 2.10 bits per heavy atom. The van der Waals surface area contributed by atoms with Gasteiger partial charge in [0, 0.05) is 11.9 Å². The summed E-state index contributed by atoms with van der Waals surface area (Å²) in [7, 11) is 0. The van der Waals surface area contributed by atoms with Gasteiger partial charge in [-0.1, -0.05) is 25.4 Å². The molecule has 0 fully saturated rings. The first-order chi connectivity index (χ1) is 10.2. The number of nitrogens with zero attached hydrogens (tertiary/aromatic N) is 3. The van der Waals surface area contributed by atoms with E-state index in [2.05, 4.69) is 24.3 Å². The molecule has 2 rings (SSSR count). The van der Waals surface area contributed by atoms with Gasteiger partial charge >= 0.3 is 0 Å². The Labute approximate surface area is 130 Å². The van der Waals surface area contributed by atoms with E-state index in [1.165, 1.54) is 0 Å². The predicted octanol–water partition coefficient (Wildman–Crippen LogP) is 4.38. The van der Waals surface area contributed by atoms with Crippen molar-refractivity contribution in [1.29, 1.82) is 5.26 Å². The second kappa shape index (κ2) is 7.14. The van der Waals surface area contributed by atoms with Crippen LogP contribution in [0.3, 0.4) is 0 Å². The van der Waals surface area contributed by atoms with Crippen LogP contribution in [-0.4, -0.2) is 9.78 Å². The molecular formula is C16H19ClN4. The van der Waals surface area contributed by atoms with Crippen molar-refractivity contribution in [1.82, 2.24) is 9.78 Å². The van der Waals surface area contributed by atoms with Crippen molar-refractivity contribution >= 4 is 17.3 Å². The van der Waals surface area contributed by atoms with E-state index in [1.807, 2.05) is 29.1 Å². The van der Waals surface area contributed by atoms with Gasteiger partial charge in [0.15, 0.2) is 0 Å². The number of anilines is 1. The number of rotatable bonds is 6. The standard InChI is InChI=1S/C16H19ClN4/c1-3-15(4-2)21-8-7-14(20-21)11-19-13-6-5-12(10-18)16(17)9-13/h5-9,15,19H,3-4,11H2,1-2H3. The van der Waals surface area contributed by atoms with Crippen LogP contribution in [0.1, 0.15) is 44.0 Å². The molecule has 5 heteroatoms. The summed E-state index contributed by atoms with van der Waals surface area (Å²) in [5, 5.41) is 17.2. The third-order valence-electron chi connectivity index (χ3n) is 3.54. The van der Waals surface area contributed by atoms with Gasteiger partial charge in [-0.3, -0.25) is 4.68 Å². The van der Waals surface area contributed by atoms with Crippen molar-refractivity contribution in [2.75, 3.05) is 5.32 Å². The monoisotopic (exact) mass is 302 g/mol. The van der Waals surface area contributed by atoms with Crippen LogP contribution in [0.15, 0.2) is 30.5 Å². The molecule has 0 saturated heterocycles. The zero-order valence-corrected chi connectivity index (χ0v) is 13.1. The largest absolute Gasteiger partial charge is 0.379 e. The Morgan fingerprint density at radius 3 is 2.71 bits per heavy atom. The van der Waals surface area contributed by atoms with Gasteiger partial charge in [-0.05, 0) is 37.1 Å². The molecule has 0 spiro atoms. The summed E-state index contributed by atoms with van der Waals surface area (Å²) in [4.78, 5) is 0. The van der Waals surface area contributed by atoms with E-state index in [4.69, 9.17) is 16.9 Å². The molecule has 0 saturated carbocycles. The van der Waals surface area contributed by atoms with Crippen LogP contribution in [0.5, 0.6) is 0 Å². The Kier molecular flexibility index (Phi) is 5.24. The molecule has 0 aliphatic carbocycles. The molecule has 0 bridgehead atoms. The Hall–Kier alpha value is -1.99. The molecule has 0 atom stereocenters. The van der Waals surface area contributed by atoms with Crippen LogP contribution in [0, 0.1) is 11.3 Å². The van der Waals surface area contributed by atoms with Crippen LogP contribution in [0.2, 0.25) is 5.02 Å². The van der Waals surface area contributed by atoms with Gasteiger partial charge in [0.2, 0.25) is 0 Å². The molecule has 2 aromatic rings. The zero-order chi connectivity index (χ0) is 15.2. The first-order valence-corrected chi connectivity index (χ1v) is 7.53. The lowest BCUT2D eigenvalue weighted by Gasteiger charge is -2.12. The second-order valence-corrected chi connectivity index (χ2v) is 5.32. The molecule has 0 aliphatic rings. The van der Waals surface area contributed by atoms with Crippen LogP contribution in [-0.2, 0) is 6.54 Å². The summed E-state index contributed by atoms with van der Waals surface area (Å²) in [5.41, 5.74) is 2.36. The lowest BCUT2D eigenvalue weighted by molar-refractivity contribution is 0.426. The third-order valence-corrected chi connectivity index (χ3v) is 3.86. The second-order valence-electron chi connectivity index (χ2n) is 4.92. The average Bonchev–Trinajstić information content (AvgIpc) is 2.95. The van der Waals surface area contributed by atoms with Gasteiger partial charge in [0.05, 0.1) is 28.9 Å². The Bertz CT molecular complexity index is 638. The summed E-state index contributed by atoms with van der Waals surface area (Å²) in [6.07, 6.45) is 4.19. The van der Waals surface area contributed by atoms with Gasteiger partial charge < -0.3 is 5.32 Å². The minimum atomic E-state index is 0.461. The quantitative estimate of drug-likeness (QED) is 0.861. The zero-order valence-electron chi connectivity index (χ0n) is 12.3. The SMILES string of the molecule is CCC(CC)n1ccc(CNc2ccc(C#N)c(Cl)c2)n1. The first-order valence-electron chi connectivity index (χ1n) is 7.15. The summed E-state index contributed by atoms with van der Waals surface area (Å²) in [6.45, 7) is 4.98. The lowest BCUT2D eigenvalue weighted by atomic mass is 10.2. The van der Waals surface area contributed by atoms with Gasteiger partial charge in [-0.2, -0.15) is 10.4 Å². The number of nitriles is 1. The molecular weight excluding hydrogens is 284 g/mol. The molecule has 1 heterocycles. The van der Waals surface area contributed by atoms with E-state index < -0.39 is 0 Å². The molecule has 1 N–H and O–H groups in total. The highest BCUT2D eigenvalue weighted by Gasteiger charge is 2.08. The van der Waals surface area contributed by atoms with Crippen molar-refractivity contribution in [2.45, 2.75) is 39.3 Å². The first kappa shape index (κ1) is 15.4. The van der Waals surface area contributed by atoms with Crippen LogP contribution in [0.25, 0.3) is 0 Å². The van der Waals surface area contributed by atoms with E-state index >= 15 is 0 Å². The minimum absolute atomic E-state index is 0.461. The Balaban J connectivity index is 2.00. The fourth-order valence-corrected chi connectivity index (χ4v) is 2.47. The molecule has 1 aromatic carbocycles. The number of halogens is 1.